The fourth-order valence-corrected chi connectivity index (χ4v) is 3.64. The molecule has 1 aliphatic rings. The van der Waals surface area contributed by atoms with Gasteiger partial charge < -0.3 is 10.1 Å². The molecule has 8 heteroatoms. The topological polar surface area (TPSA) is 84.5 Å². The van der Waals surface area contributed by atoms with Gasteiger partial charge in [0.05, 0.1) is 22.5 Å². The van der Waals surface area contributed by atoms with Crippen LogP contribution in [-0.2, 0) is 20.6 Å². The largest absolute Gasteiger partial charge is 0.490 e. The maximum Gasteiger partial charge on any atom is 0.236 e. The van der Waals surface area contributed by atoms with Gasteiger partial charge >= 0.3 is 0 Å². The van der Waals surface area contributed by atoms with Crippen molar-refractivity contribution >= 4 is 27.3 Å². The normalized spacial score (nSPS) is 16.0. The van der Waals surface area contributed by atoms with Crippen molar-refractivity contribution in [3.05, 3.63) is 53.8 Å². The molecule has 0 aromatic heterocycles. The lowest BCUT2D eigenvalue weighted by atomic mass is 9.94. The van der Waals surface area contributed by atoms with Crippen LogP contribution in [0.25, 0.3) is 0 Å². The highest BCUT2D eigenvalue weighted by Crippen LogP contribution is 2.34. The van der Waals surface area contributed by atoms with Crippen LogP contribution in [0, 0.1) is 11.2 Å². The van der Waals surface area contributed by atoms with E-state index in [1.165, 1.54) is 30.3 Å². The number of amides is 1. The third kappa shape index (κ3) is 4.13. The molecule has 2 aromatic carbocycles. The molecule has 6 nitrogen and oxygen atoms in total. The van der Waals surface area contributed by atoms with E-state index in [0.717, 1.165) is 0 Å². The minimum atomic E-state index is -3.70. The lowest BCUT2D eigenvalue weighted by Crippen LogP contribution is -2.33. The number of rotatable bonds is 4. The second kappa shape index (κ2) is 6.60. The van der Waals surface area contributed by atoms with Crippen molar-refractivity contribution in [1.82, 2.24) is 0 Å². The summed E-state index contributed by atoms with van der Waals surface area (Å²) in [5.41, 5.74) is 0.477. The third-order valence-corrected chi connectivity index (χ3v) is 5.23. The first-order valence-electron chi connectivity index (χ1n) is 7.98. The zero-order chi connectivity index (χ0) is 18.9. The van der Waals surface area contributed by atoms with Crippen LogP contribution in [0.4, 0.5) is 15.8 Å². The van der Waals surface area contributed by atoms with Gasteiger partial charge in [0.15, 0.2) is 0 Å². The highest BCUT2D eigenvalue weighted by Gasteiger charge is 2.32. The summed E-state index contributed by atoms with van der Waals surface area (Å²) >= 11 is 0. The van der Waals surface area contributed by atoms with E-state index in [0.29, 0.717) is 22.7 Å². The number of halogens is 1. The van der Waals surface area contributed by atoms with Gasteiger partial charge in [0.25, 0.3) is 0 Å². The van der Waals surface area contributed by atoms with Crippen molar-refractivity contribution in [3.8, 4) is 5.75 Å². The molecule has 0 unspecified atom stereocenters. The number of anilines is 2. The van der Waals surface area contributed by atoms with Crippen molar-refractivity contribution in [2.75, 3.05) is 16.6 Å². The Morgan fingerprint density at radius 2 is 1.88 bits per heavy atom. The van der Waals surface area contributed by atoms with Gasteiger partial charge in [0.1, 0.15) is 18.2 Å². The summed E-state index contributed by atoms with van der Waals surface area (Å²) in [4.78, 5) is 12.2. The molecule has 0 radical (unpaired) electrons. The molecule has 3 rings (SSSR count). The molecule has 2 aromatic rings. The standard InChI is InChI=1S/C18H19FN2O4S/c1-18(2)11-25-16-8-7-14(9-15(16)20-17(18)22)21-26(23,24)10-12-3-5-13(19)6-4-12/h3-9,21H,10-11H2,1-2H3,(H,20,22). The molecule has 26 heavy (non-hydrogen) atoms. The van der Waals surface area contributed by atoms with Crippen LogP contribution >= 0.6 is 0 Å². The average molecular weight is 378 g/mol. The molecular formula is C18H19FN2O4S. The van der Waals surface area contributed by atoms with Gasteiger partial charge in [-0.2, -0.15) is 0 Å². The van der Waals surface area contributed by atoms with Crippen LogP contribution in [0.2, 0.25) is 0 Å². The molecule has 0 spiro atoms. The Kier molecular flexibility index (Phi) is 4.62. The van der Waals surface area contributed by atoms with E-state index >= 15 is 0 Å². The molecule has 1 aliphatic heterocycles. The summed E-state index contributed by atoms with van der Waals surface area (Å²) in [5, 5.41) is 2.75. The average Bonchev–Trinajstić information content (AvgIpc) is 2.66. The second-order valence-corrected chi connectivity index (χ2v) is 8.55. The van der Waals surface area contributed by atoms with Crippen molar-refractivity contribution < 1.29 is 22.3 Å². The first-order valence-corrected chi connectivity index (χ1v) is 9.63. The van der Waals surface area contributed by atoms with Gasteiger partial charge in [-0.15, -0.1) is 0 Å². The Morgan fingerprint density at radius 3 is 2.58 bits per heavy atom. The van der Waals surface area contributed by atoms with E-state index in [2.05, 4.69) is 10.0 Å². The van der Waals surface area contributed by atoms with Crippen molar-refractivity contribution in [3.63, 3.8) is 0 Å². The first-order chi connectivity index (χ1) is 12.1. The van der Waals surface area contributed by atoms with E-state index in [1.54, 1.807) is 26.0 Å². The number of fused-ring (bicyclic) bond motifs is 1. The van der Waals surface area contributed by atoms with Crippen LogP contribution in [0.3, 0.4) is 0 Å². The van der Waals surface area contributed by atoms with E-state index in [4.69, 9.17) is 4.74 Å². The highest BCUT2D eigenvalue weighted by molar-refractivity contribution is 7.91. The lowest BCUT2D eigenvalue weighted by Gasteiger charge is -2.18. The lowest BCUT2D eigenvalue weighted by molar-refractivity contribution is -0.124. The molecular weight excluding hydrogens is 359 g/mol. The van der Waals surface area contributed by atoms with Crippen molar-refractivity contribution in [2.45, 2.75) is 19.6 Å². The summed E-state index contributed by atoms with van der Waals surface area (Å²) in [7, 11) is -3.70. The maximum atomic E-state index is 12.9. The maximum absolute atomic E-state index is 12.9. The Morgan fingerprint density at radius 1 is 1.19 bits per heavy atom. The fraction of sp³-hybridized carbons (Fsp3) is 0.278. The van der Waals surface area contributed by atoms with Gasteiger partial charge in [-0.05, 0) is 49.7 Å². The molecule has 0 saturated heterocycles. The van der Waals surface area contributed by atoms with Crippen LogP contribution in [0.5, 0.6) is 5.75 Å². The number of benzene rings is 2. The summed E-state index contributed by atoms with van der Waals surface area (Å²) in [6, 6.07) is 9.93. The van der Waals surface area contributed by atoms with E-state index in [9.17, 15) is 17.6 Å². The first kappa shape index (κ1) is 18.2. The summed E-state index contributed by atoms with van der Waals surface area (Å²) in [6.45, 7) is 3.75. The van der Waals surface area contributed by atoms with Crippen LogP contribution in [0.1, 0.15) is 19.4 Å². The summed E-state index contributed by atoms with van der Waals surface area (Å²) < 4.78 is 45.7. The summed E-state index contributed by atoms with van der Waals surface area (Å²) in [6.07, 6.45) is 0. The van der Waals surface area contributed by atoms with E-state index in [1.807, 2.05) is 0 Å². The number of hydrogen-bond acceptors (Lipinski definition) is 4. The van der Waals surface area contributed by atoms with E-state index < -0.39 is 21.3 Å². The molecule has 1 amide bonds. The number of nitrogens with one attached hydrogen (secondary N) is 2. The SMILES string of the molecule is CC1(C)COc2ccc(NS(=O)(=O)Cc3ccc(F)cc3)cc2NC1=O. The minimum absolute atomic E-state index is 0.206. The molecule has 1 heterocycles. The Hall–Kier alpha value is -2.61. The van der Waals surface area contributed by atoms with Crippen LogP contribution in [0.15, 0.2) is 42.5 Å². The fourth-order valence-electron chi connectivity index (χ4n) is 2.45. The Bertz CT molecular complexity index is 940. The second-order valence-electron chi connectivity index (χ2n) is 6.83. The highest BCUT2D eigenvalue weighted by atomic mass is 32.2. The van der Waals surface area contributed by atoms with Gasteiger partial charge in [0, 0.05) is 0 Å². The van der Waals surface area contributed by atoms with E-state index in [-0.39, 0.29) is 18.3 Å². The van der Waals surface area contributed by atoms with Crippen molar-refractivity contribution in [1.29, 1.82) is 0 Å². The Balaban J connectivity index is 1.78. The predicted octanol–water partition coefficient (Wildman–Crippen LogP) is 3.12. The molecule has 0 atom stereocenters. The molecule has 138 valence electrons. The predicted molar refractivity (Wildman–Crippen MR) is 97.0 cm³/mol. The zero-order valence-electron chi connectivity index (χ0n) is 14.4. The molecule has 0 bridgehead atoms. The third-order valence-electron chi connectivity index (χ3n) is 3.97. The van der Waals surface area contributed by atoms with Gasteiger partial charge in [-0.3, -0.25) is 9.52 Å². The number of carbonyl (C=O) groups is 1. The summed E-state index contributed by atoms with van der Waals surface area (Å²) in [5.74, 6) is -0.447. The molecule has 0 saturated carbocycles. The van der Waals surface area contributed by atoms with Crippen LogP contribution < -0.4 is 14.8 Å². The van der Waals surface area contributed by atoms with Gasteiger partial charge in [-0.1, -0.05) is 12.1 Å². The Labute approximate surface area is 151 Å². The number of sulfonamides is 1. The number of carbonyl (C=O) groups excluding carboxylic acids is 1. The molecule has 2 N–H and O–H groups in total. The van der Waals surface area contributed by atoms with Crippen molar-refractivity contribution in [2.24, 2.45) is 5.41 Å². The minimum Gasteiger partial charge on any atom is -0.490 e. The van der Waals surface area contributed by atoms with Gasteiger partial charge in [-0.25, -0.2) is 12.8 Å². The zero-order valence-corrected chi connectivity index (χ0v) is 15.2. The smallest absolute Gasteiger partial charge is 0.236 e. The monoisotopic (exact) mass is 378 g/mol. The molecule has 0 fully saturated rings. The molecule has 0 aliphatic carbocycles. The number of hydrogen-bond donors (Lipinski definition) is 2. The van der Waals surface area contributed by atoms with Gasteiger partial charge in [0.2, 0.25) is 15.9 Å². The quantitative estimate of drug-likeness (QED) is 0.856. The van der Waals surface area contributed by atoms with Crippen LogP contribution in [-0.4, -0.2) is 20.9 Å². The number of ether oxygens (including phenoxy) is 1.